The van der Waals surface area contributed by atoms with Crippen molar-refractivity contribution in [3.8, 4) is 0 Å². The summed E-state index contributed by atoms with van der Waals surface area (Å²) in [5.41, 5.74) is 2.41. The number of anilines is 1. The SMILES string of the molecule is Cc1nc2ccc(NC(=O)c3ccc([N+](=O)[O-])c(C)c3)cc2s1. The third-order valence-electron chi connectivity index (χ3n) is 3.41. The van der Waals surface area contributed by atoms with Crippen molar-refractivity contribution < 1.29 is 9.72 Å². The van der Waals surface area contributed by atoms with Crippen LogP contribution in [0.4, 0.5) is 11.4 Å². The number of rotatable bonds is 3. The molecule has 0 aliphatic heterocycles. The highest BCUT2D eigenvalue weighted by Gasteiger charge is 2.14. The van der Waals surface area contributed by atoms with Crippen molar-refractivity contribution in [2.45, 2.75) is 13.8 Å². The smallest absolute Gasteiger partial charge is 0.272 e. The number of carbonyl (C=O) groups excluding carboxylic acids is 1. The van der Waals surface area contributed by atoms with Crippen LogP contribution < -0.4 is 5.32 Å². The third-order valence-corrected chi connectivity index (χ3v) is 4.34. The van der Waals surface area contributed by atoms with Crippen LogP contribution in [0.1, 0.15) is 20.9 Å². The minimum absolute atomic E-state index is 0.00287. The second-order valence-corrected chi connectivity index (χ2v) is 6.36. The molecule has 0 unspecified atom stereocenters. The molecule has 0 atom stereocenters. The molecular formula is C16H13N3O3S. The van der Waals surface area contributed by atoms with Crippen LogP contribution in [-0.4, -0.2) is 15.8 Å². The Hall–Kier alpha value is -2.80. The van der Waals surface area contributed by atoms with Gasteiger partial charge < -0.3 is 5.32 Å². The van der Waals surface area contributed by atoms with E-state index in [-0.39, 0.29) is 11.6 Å². The molecule has 0 saturated heterocycles. The third kappa shape index (κ3) is 3.04. The number of nitro groups is 1. The number of amides is 1. The fourth-order valence-corrected chi connectivity index (χ4v) is 3.19. The van der Waals surface area contributed by atoms with Crippen molar-refractivity contribution in [2.75, 3.05) is 5.32 Å². The van der Waals surface area contributed by atoms with E-state index < -0.39 is 4.92 Å². The summed E-state index contributed by atoms with van der Waals surface area (Å²) in [6, 6.07) is 9.84. The highest BCUT2D eigenvalue weighted by atomic mass is 32.1. The van der Waals surface area contributed by atoms with Gasteiger partial charge in [-0.15, -0.1) is 11.3 Å². The Kier molecular flexibility index (Phi) is 3.79. The highest BCUT2D eigenvalue weighted by molar-refractivity contribution is 7.18. The molecule has 3 rings (SSSR count). The summed E-state index contributed by atoms with van der Waals surface area (Å²) < 4.78 is 1.00. The molecule has 1 heterocycles. The van der Waals surface area contributed by atoms with Crippen LogP contribution in [0.3, 0.4) is 0 Å². The molecule has 3 aromatic rings. The van der Waals surface area contributed by atoms with E-state index in [1.165, 1.54) is 18.2 Å². The topological polar surface area (TPSA) is 85.1 Å². The Labute approximate surface area is 135 Å². The molecule has 7 heteroatoms. The predicted molar refractivity (Wildman–Crippen MR) is 90.1 cm³/mol. The maximum atomic E-state index is 12.3. The summed E-state index contributed by atoms with van der Waals surface area (Å²) in [6.07, 6.45) is 0. The van der Waals surface area contributed by atoms with Crippen LogP contribution in [-0.2, 0) is 0 Å². The molecule has 0 aliphatic carbocycles. The molecule has 23 heavy (non-hydrogen) atoms. The van der Waals surface area contributed by atoms with Gasteiger partial charge >= 0.3 is 0 Å². The van der Waals surface area contributed by atoms with Gasteiger partial charge in [0.15, 0.2) is 0 Å². The molecule has 116 valence electrons. The van der Waals surface area contributed by atoms with Crippen LogP contribution in [0.2, 0.25) is 0 Å². The van der Waals surface area contributed by atoms with Gasteiger partial charge in [0.1, 0.15) is 0 Å². The molecule has 0 fully saturated rings. The van der Waals surface area contributed by atoms with Gasteiger partial charge in [0.2, 0.25) is 0 Å². The lowest BCUT2D eigenvalue weighted by atomic mass is 10.1. The van der Waals surface area contributed by atoms with Gasteiger partial charge in [-0.05, 0) is 44.2 Å². The maximum Gasteiger partial charge on any atom is 0.272 e. The Balaban J connectivity index is 1.85. The van der Waals surface area contributed by atoms with Crippen molar-refractivity contribution >= 4 is 38.8 Å². The Morgan fingerprint density at radius 2 is 2.00 bits per heavy atom. The Morgan fingerprint density at radius 1 is 1.22 bits per heavy atom. The number of nitro benzene ring substituents is 1. The number of carbonyl (C=O) groups is 1. The van der Waals surface area contributed by atoms with Gasteiger partial charge in [-0.3, -0.25) is 14.9 Å². The molecule has 1 N–H and O–H groups in total. The van der Waals surface area contributed by atoms with Gasteiger partial charge in [-0.25, -0.2) is 4.98 Å². The van der Waals surface area contributed by atoms with Crippen LogP contribution in [0.5, 0.6) is 0 Å². The number of benzene rings is 2. The number of aromatic nitrogens is 1. The minimum Gasteiger partial charge on any atom is -0.322 e. The number of fused-ring (bicyclic) bond motifs is 1. The Bertz CT molecular complexity index is 933. The number of nitrogens with zero attached hydrogens (tertiary/aromatic N) is 2. The van der Waals surface area contributed by atoms with Crippen molar-refractivity contribution in [1.82, 2.24) is 4.98 Å². The van der Waals surface area contributed by atoms with E-state index in [0.717, 1.165) is 15.2 Å². The van der Waals surface area contributed by atoms with Crippen LogP contribution in [0.25, 0.3) is 10.2 Å². The number of nitrogens with one attached hydrogen (secondary N) is 1. The van der Waals surface area contributed by atoms with E-state index in [0.29, 0.717) is 16.8 Å². The van der Waals surface area contributed by atoms with Gasteiger partial charge in [-0.2, -0.15) is 0 Å². The Morgan fingerprint density at radius 3 is 2.70 bits per heavy atom. The summed E-state index contributed by atoms with van der Waals surface area (Å²) in [7, 11) is 0. The fourth-order valence-electron chi connectivity index (χ4n) is 2.32. The van der Waals surface area contributed by atoms with Crippen molar-refractivity contribution in [3.05, 3.63) is 62.6 Å². The number of hydrogen-bond acceptors (Lipinski definition) is 5. The minimum atomic E-state index is -0.461. The molecule has 2 aromatic carbocycles. The summed E-state index contributed by atoms with van der Waals surface area (Å²) in [6.45, 7) is 3.55. The standard InChI is InChI=1S/C16H13N3O3S/c1-9-7-11(3-6-14(9)19(21)22)16(20)18-12-4-5-13-15(8-12)23-10(2)17-13/h3-8H,1-2H3,(H,18,20). The molecule has 1 aromatic heterocycles. The van der Waals surface area contributed by atoms with E-state index in [2.05, 4.69) is 10.3 Å². The van der Waals surface area contributed by atoms with E-state index in [1.54, 1.807) is 24.3 Å². The van der Waals surface area contributed by atoms with Crippen LogP contribution in [0.15, 0.2) is 36.4 Å². The zero-order valence-corrected chi connectivity index (χ0v) is 13.3. The van der Waals surface area contributed by atoms with E-state index in [9.17, 15) is 14.9 Å². The second kappa shape index (κ2) is 5.77. The number of thiazole rings is 1. The van der Waals surface area contributed by atoms with Crippen molar-refractivity contribution in [3.63, 3.8) is 0 Å². The van der Waals surface area contributed by atoms with Crippen LogP contribution in [0, 0.1) is 24.0 Å². The first-order chi connectivity index (χ1) is 10.9. The monoisotopic (exact) mass is 327 g/mol. The normalized spacial score (nSPS) is 10.7. The van der Waals surface area contributed by atoms with Crippen molar-refractivity contribution in [2.24, 2.45) is 0 Å². The summed E-state index contributed by atoms with van der Waals surface area (Å²) >= 11 is 1.56. The van der Waals surface area contributed by atoms with E-state index in [1.807, 2.05) is 19.1 Å². The average molecular weight is 327 g/mol. The zero-order valence-electron chi connectivity index (χ0n) is 12.5. The molecule has 6 nitrogen and oxygen atoms in total. The average Bonchev–Trinajstić information content (AvgIpc) is 2.86. The fraction of sp³-hybridized carbons (Fsp3) is 0.125. The molecule has 1 amide bonds. The predicted octanol–water partition coefficient (Wildman–Crippen LogP) is 4.07. The van der Waals surface area contributed by atoms with Gasteiger partial charge in [0.25, 0.3) is 11.6 Å². The molecule has 0 aliphatic rings. The number of aryl methyl sites for hydroxylation is 2. The van der Waals surface area contributed by atoms with Gasteiger partial charge in [0.05, 0.1) is 20.1 Å². The quantitative estimate of drug-likeness (QED) is 0.580. The first-order valence-corrected chi connectivity index (χ1v) is 7.69. The summed E-state index contributed by atoms with van der Waals surface area (Å²) in [5, 5.41) is 14.6. The van der Waals surface area contributed by atoms with E-state index >= 15 is 0 Å². The maximum absolute atomic E-state index is 12.3. The largest absolute Gasteiger partial charge is 0.322 e. The van der Waals surface area contributed by atoms with Gasteiger partial charge in [0, 0.05) is 22.9 Å². The summed E-state index contributed by atoms with van der Waals surface area (Å²) in [5.74, 6) is -0.302. The first kappa shape index (κ1) is 15.1. The molecule has 0 radical (unpaired) electrons. The summed E-state index contributed by atoms with van der Waals surface area (Å²) in [4.78, 5) is 27.0. The molecule has 0 bridgehead atoms. The van der Waals surface area contributed by atoms with E-state index in [4.69, 9.17) is 0 Å². The molecule has 0 spiro atoms. The lowest BCUT2D eigenvalue weighted by Crippen LogP contribution is -2.12. The molecular weight excluding hydrogens is 314 g/mol. The van der Waals surface area contributed by atoms with Gasteiger partial charge in [-0.1, -0.05) is 0 Å². The highest BCUT2D eigenvalue weighted by Crippen LogP contribution is 2.25. The second-order valence-electron chi connectivity index (χ2n) is 5.13. The zero-order chi connectivity index (χ0) is 16.6. The lowest BCUT2D eigenvalue weighted by molar-refractivity contribution is -0.385. The molecule has 0 saturated carbocycles. The first-order valence-electron chi connectivity index (χ1n) is 6.87. The lowest BCUT2D eigenvalue weighted by Gasteiger charge is -2.06. The van der Waals surface area contributed by atoms with Crippen molar-refractivity contribution in [1.29, 1.82) is 0 Å². The van der Waals surface area contributed by atoms with Crippen LogP contribution >= 0.6 is 11.3 Å². The number of hydrogen-bond donors (Lipinski definition) is 1.